The van der Waals surface area contributed by atoms with Gasteiger partial charge in [-0.25, -0.2) is 0 Å². The van der Waals surface area contributed by atoms with E-state index < -0.39 is 0 Å². The topological polar surface area (TPSA) is 39.2 Å². The van der Waals surface area contributed by atoms with Crippen molar-refractivity contribution in [3.05, 3.63) is 270 Å². The monoisotopic (exact) mass is 1120 g/mol. The number of hydrogen-bond acceptors (Lipinski definition) is 9. The SMILES string of the molecule is Cc1ccc(N(c2ccccc2)c2ccc(-c3ccc(N(c4ccc5sccc5c4)c4ccc5oc6ccc(N(c7ccc8sccc8c7)c7ccc8oc9ccc(N(C)c%10ccc%11sccc%11c%10)cc9c8c7)cc6c5c4)cc3)cc2)cc1. The highest BCUT2D eigenvalue weighted by Crippen LogP contribution is 2.46. The molecule has 16 rings (SSSR count). The number of thiophene rings is 3. The van der Waals surface area contributed by atoms with Gasteiger partial charge in [0.2, 0.25) is 0 Å². The molecule has 0 unspecified atom stereocenters. The Morgan fingerprint density at radius 3 is 1.02 bits per heavy atom. The van der Waals surface area contributed by atoms with E-state index in [1.165, 1.54) is 35.8 Å². The smallest absolute Gasteiger partial charge is 0.135 e. The van der Waals surface area contributed by atoms with Gasteiger partial charge >= 0.3 is 0 Å². The molecule has 0 aliphatic rings. The molecule has 0 aliphatic carbocycles. The van der Waals surface area contributed by atoms with Crippen LogP contribution in [-0.4, -0.2) is 7.05 Å². The molecular weight excluding hydrogens is 1070 g/mol. The van der Waals surface area contributed by atoms with E-state index in [9.17, 15) is 0 Å². The van der Waals surface area contributed by atoms with Gasteiger partial charge in [0.15, 0.2) is 0 Å². The molecule has 6 nitrogen and oxygen atoms in total. The van der Waals surface area contributed by atoms with E-state index >= 15 is 0 Å². The number of fused-ring (bicyclic) bond motifs is 9. The summed E-state index contributed by atoms with van der Waals surface area (Å²) in [4.78, 5) is 9.29. The van der Waals surface area contributed by atoms with Crippen LogP contribution in [0.5, 0.6) is 0 Å². The number of furan rings is 2. The van der Waals surface area contributed by atoms with Crippen LogP contribution in [0.4, 0.5) is 62.6 Å². The van der Waals surface area contributed by atoms with E-state index in [1.54, 1.807) is 34.0 Å². The van der Waals surface area contributed by atoms with Gasteiger partial charge in [-0.15, -0.1) is 34.0 Å². The van der Waals surface area contributed by atoms with E-state index in [-0.39, 0.29) is 0 Å². The first-order valence-electron chi connectivity index (χ1n) is 27.7. The van der Waals surface area contributed by atoms with Gasteiger partial charge in [-0.05, 0) is 244 Å². The Kier molecular flexibility index (Phi) is 11.8. The van der Waals surface area contributed by atoms with Crippen LogP contribution in [0.1, 0.15) is 5.56 Å². The fourth-order valence-electron chi connectivity index (χ4n) is 11.8. The number of para-hydroxylation sites is 1. The maximum Gasteiger partial charge on any atom is 0.135 e. The predicted octanol–water partition coefficient (Wildman–Crippen LogP) is 23.3. The van der Waals surface area contributed by atoms with E-state index in [1.807, 2.05) is 0 Å². The first kappa shape index (κ1) is 49.0. The standard InChI is InChI=1S/C74H50N4O2S3/c1-47-8-14-54(15-9-47)76(53-6-4-3-5-7-53)55-16-10-48(11-17-55)49-12-18-56(19-13-49)77(59-25-32-73-51(41-59)35-38-82-73)61-21-28-70-66(44-61)67-46-63(23-30-71(67)80-70)78(60-26-33-74-52(42-60)36-39-83-74)62-22-29-69-65(45-62)64-43-58(20-27-68(64)79-69)75(2)57-24-31-72-50(40-57)34-37-81-72/h3-46H,1-2H3. The fraction of sp³-hybridized carbons (Fsp3) is 0.0270. The van der Waals surface area contributed by atoms with Crippen LogP contribution < -0.4 is 19.6 Å². The van der Waals surface area contributed by atoms with Crippen LogP contribution in [0.25, 0.3) is 85.3 Å². The molecule has 5 heterocycles. The molecule has 0 N–H and O–H groups in total. The molecular formula is C74H50N4O2S3. The van der Waals surface area contributed by atoms with Crippen molar-refractivity contribution in [3.8, 4) is 11.1 Å². The minimum absolute atomic E-state index is 0.826. The predicted molar refractivity (Wildman–Crippen MR) is 356 cm³/mol. The van der Waals surface area contributed by atoms with Gasteiger partial charge in [-0.1, -0.05) is 60.2 Å². The number of aryl methyl sites for hydroxylation is 1. The van der Waals surface area contributed by atoms with Crippen LogP contribution in [0.3, 0.4) is 0 Å². The molecule has 9 heteroatoms. The van der Waals surface area contributed by atoms with Crippen LogP contribution in [0, 0.1) is 6.92 Å². The lowest BCUT2D eigenvalue weighted by molar-refractivity contribution is 0.668. The van der Waals surface area contributed by atoms with E-state index in [0.717, 1.165) is 118 Å². The second-order valence-corrected chi connectivity index (χ2v) is 24.0. The third-order valence-electron chi connectivity index (χ3n) is 16.1. The summed E-state index contributed by atoms with van der Waals surface area (Å²) in [6, 6.07) is 90.2. The zero-order valence-corrected chi connectivity index (χ0v) is 47.7. The van der Waals surface area contributed by atoms with Crippen LogP contribution >= 0.6 is 34.0 Å². The van der Waals surface area contributed by atoms with Crippen molar-refractivity contribution in [2.75, 3.05) is 26.6 Å². The summed E-state index contributed by atoms with van der Waals surface area (Å²) in [5, 5.41) is 14.3. The largest absolute Gasteiger partial charge is 0.456 e. The van der Waals surface area contributed by atoms with Gasteiger partial charge < -0.3 is 28.4 Å². The van der Waals surface area contributed by atoms with Crippen LogP contribution in [-0.2, 0) is 0 Å². The lowest BCUT2D eigenvalue weighted by Crippen LogP contribution is -2.10. The molecule has 0 saturated heterocycles. The average molecular weight is 1120 g/mol. The zero-order chi connectivity index (χ0) is 55.1. The normalized spacial score (nSPS) is 11.7. The first-order valence-corrected chi connectivity index (χ1v) is 30.3. The highest BCUT2D eigenvalue weighted by Gasteiger charge is 2.22. The second-order valence-electron chi connectivity index (χ2n) is 21.2. The van der Waals surface area contributed by atoms with Crippen molar-refractivity contribution < 1.29 is 8.83 Å². The van der Waals surface area contributed by atoms with Crippen molar-refractivity contribution >= 4 is 171 Å². The maximum atomic E-state index is 6.70. The summed E-state index contributed by atoms with van der Waals surface area (Å²) in [6.07, 6.45) is 0. The highest BCUT2D eigenvalue weighted by atomic mass is 32.1. The molecule has 5 aromatic heterocycles. The number of rotatable bonds is 12. The molecule has 0 aliphatic heterocycles. The molecule has 0 fully saturated rings. The third-order valence-corrected chi connectivity index (χ3v) is 18.8. The van der Waals surface area contributed by atoms with E-state index in [2.05, 4.69) is 298 Å². The first-order chi connectivity index (χ1) is 40.9. The molecule has 0 atom stereocenters. The maximum absolute atomic E-state index is 6.70. The minimum Gasteiger partial charge on any atom is -0.456 e. The Morgan fingerprint density at radius 2 is 0.578 bits per heavy atom. The van der Waals surface area contributed by atoms with Gasteiger partial charge in [0.1, 0.15) is 22.3 Å². The number of benzene rings is 11. The van der Waals surface area contributed by atoms with Crippen molar-refractivity contribution in [3.63, 3.8) is 0 Å². The zero-order valence-electron chi connectivity index (χ0n) is 45.2. The Balaban J connectivity index is 0.777. The summed E-state index contributed by atoms with van der Waals surface area (Å²) in [6.45, 7) is 2.13. The molecule has 0 bridgehead atoms. The molecule has 0 spiro atoms. The lowest BCUT2D eigenvalue weighted by atomic mass is 10.0. The third kappa shape index (κ3) is 8.76. The molecule has 0 amide bonds. The van der Waals surface area contributed by atoms with Crippen LogP contribution in [0.15, 0.2) is 274 Å². The van der Waals surface area contributed by atoms with Gasteiger partial charge in [-0.2, -0.15) is 0 Å². The van der Waals surface area contributed by atoms with E-state index in [4.69, 9.17) is 8.83 Å². The lowest BCUT2D eigenvalue weighted by Gasteiger charge is -2.26. The Bertz CT molecular complexity index is 5090. The van der Waals surface area contributed by atoms with Crippen molar-refractivity contribution in [2.24, 2.45) is 0 Å². The average Bonchev–Trinajstić information content (AvgIpc) is 3.98. The van der Waals surface area contributed by atoms with Crippen LogP contribution in [0.2, 0.25) is 0 Å². The molecule has 396 valence electrons. The van der Waals surface area contributed by atoms with Gasteiger partial charge in [-0.3, -0.25) is 0 Å². The number of nitrogens with zero attached hydrogens (tertiary/aromatic N) is 4. The molecule has 83 heavy (non-hydrogen) atoms. The minimum atomic E-state index is 0.826. The van der Waals surface area contributed by atoms with E-state index in [0.29, 0.717) is 0 Å². The van der Waals surface area contributed by atoms with Gasteiger partial charge in [0.25, 0.3) is 0 Å². The number of hydrogen-bond donors (Lipinski definition) is 0. The number of anilines is 11. The van der Waals surface area contributed by atoms with Crippen molar-refractivity contribution in [1.82, 2.24) is 0 Å². The summed E-state index contributed by atoms with van der Waals surface area (Å²) >= 11 is 5.29. The van der Waals surface area contributed by atoms with Gasteiger partial charge in [0.05, 0.1) is 0 Å². The highest BCUT2D eigenvalue weighted by molar-refractivity contribution is 7.17. The van der Waals surface area contributed by atoms with Crippen molar-refractivity contribution in [1.29, 1.82) is 0 Å². The molecule has 0 saturated carbocycles. The Hall–Kier alpha value is -9.90. The summed E-state index contributed by atoms with van der Waals surface area (Å²) < 4.78 is 17.1. The van der Waals surface area contributed by atoms with Crippen molar-refractivity contribution in [2.45, 2.75) is 6.92 Å². The summed E-state index contributed by atoms with van der Waals surface area (Å²) in [7, 11) is 2.13. The molecule has 0 radical (unpaired) electrons. The Morgan fingerprint density at radius 1 is 0.277 bits per heavy atom. The second kappa shape index (κ2) is 20.0. The summed E-state index contributed by atoms with van der Waals surface area (Å²) in [5.41, 5.74) is 18.7. The summed E-state index contributed by atoms with van der Waals surface area (Å²) in [5.74, 6) is 0. The fourth-order valence-corrected chi connectivity index (χ4v) is 14.2. The van der Waals surface area contributed by atoms with Gasteiger partial charge in [0, 0.05) is 105 Å². The molecule has 16 aromatic rings. The quantitative estimate of drug-likeness (QED) is 0.121. The Labute approximate surface area is 491 Å². The molecule has 11 aromatic carbocycles.